The lowest BCUT2D eigenvalue weighted by Gasteiger charge is -2.25. The van der Waals surface area contributed by atoms with E-state index in [9.17, 15) is 14.0 Å². The lowest BCUT2D eigenvalue weighted by molar-refractivity contribution is -0.117. The number of nitrogens with zero attached hydrogens (tertiary/aromatic N) is 2. The molecular weight excluding hydrogens is 343 g/mol. The first kappa shape index (κ1) is 17.7. The average molecular weight is 366 g/mol. The van der Waals surface area contributed by atoms with Crippen LogP contribution in [0, 0.1) is 5.82 Å². The fourth-order valence-corrected chi connectivity index (χ4v) is 4.10. The molecule has 0 saturated carbocycles. The van der Waals surface area contributed by atoms with Gasteiger partial charge in [-0.25, -0.2) is 4.39 Å². The number of amides is 2. The molecule has 0 N–H and O–H groups in total. The Morgan fingerprint density at radius 2 is 1.89 bits per heavy atom. The van der Waals surface area contributed by atoms with E-state index in [1.807, 2.05) is 29.2 Å². The zero-order valence-electron chi connectivity index (χ0n) is 15.2. The van der Waals surface area contributed by atoms with Crippen molar-refractivity contribution in [1.82, 2.24) is 4.90 Å². The van der Waals surface area contributed by atoms with Crippen molar-refractivity contribution in [2.24, 2.45) is 0 Å². The minimum atomic E-state index is -0.244. The fraction of sp³-hybridized carbons (Fsp3) is 0.364. The van der Waals surface area contributed by atoms with Gasteiger partial charge in [-0.3, -0.25) is 9.59 Å². The van der Waals surface area contributed by atoms with Crippen LogP contribution < -0.4 is 4.90 Å². The first-order valence-electron chi connectivity index (χ1n) is 9.58. The van der Waals surface area contributed by atoms with E-state index in [0.717, 1.165) is 43.5 Å². The van der Waals surface area contributed by atoms with Crippen LogP contribution in [0.25, 0.3) is 0 Å². The molecule has 2 saturated heterocycles. The number of hydrogen-bond donors (Lipinski definition) is 0. The van der Waals surface area contributed by atoms with Crippen molar-refractivity contribution in [1.29, 1.82) is 0 Å². The predicted octanol–water partition coefficient (Wildman–Crippen LogP) is 3.80. The Bertz CT molecular complexity index is 850. The topological polar surface area (TPSA) is 40.6 Å². The van der Waals surface area contributed by atoms with E-state index in [4.69, 9.17) is 0 Å². The van der Waals surface area contributed by atoms with Gasteiger partial charge in [0.15, 0.2) is 0 Å². The number of likely N-dealkylation sites (tertiary alicyclic amines) is 1. The van der Waals surface area contributed by atoms with Crippen molar-refractivity contribution in [3.05, 3.63) is 65.5 Å². The first-order chi connectivity index (χ1) is 13.1. The molecule has 2 amide bonds. The van der Waals surface area contributed by atoms with Crippen LogP contribution in [0.2, 0.25) is 0 Å². The average Bonchev–Trinajstić information content (AvgIpc) is 3.32. The van der Waals surface area contributed by atoms with E-state index in [0.29, 0.717) is 18.5 Å². The summed E-state index contributed by atoms with van der Waals surface area (Å²) in [7, 11) is 0. The molecule has 0 spiro atoms. The third-order valence-corrected chi connectivity index (χ3v) is 5.50. The van der Waals surface area contributed by atoms with Crippen LogP contribution in [0.4, 0.5) is 10.1 Å². The van der Waals surface area contributed by atoms with E-state index < -0.39 is 0 Å². The maximum absolute atomic E-state index is 13.1. The summed E-state index contributed by atoms with van der Waals surface area (Å²) >= 11 is 0. The van der Waals surface area contributed by atoms with E-state index in [2.05, 4.69) is 0 Å². The highest BCUT2D eigenvalue weighted by Gasteiger charge is 2.30. The lowest BCUT2D eigenvalue weighted by atomic mass is 10.0. The number of carbonyl (C=O) groups excluding carboxylic acids is 2. The summed E-state index contributed by atoms with van der Waals surface area (Å²) in [5, 5.41) is 0. The van der Waals surface area contributed by atoms with Crippen molar-refractivity contribution in [3.8, 4) is 0 Å². The molecule has 2 aromatic carbocycles. The molecular formula is C22H23FN2O2. The molecule has 0 aromatic heterocycles. The summed E-state index contributed by atoms with van der Waals surface area (Å²) in [5.41, 5.74) is 2.47. The first-order valence-corrected chi connectivity index (χ1v) is 9.58. The van der Waals surface area contributed by atoms with Gasteiger partial charge in [-0.1, -0.05) is 18.2 Å². The number of rotatable bonds is 4. The summed E-state index contributed by atoms with van der Waals surface area (Å²) in [5.74, 6) is -0.116. The third kappa shape index (κ3) is 3.72. The molecule has 1 unspecified atom stereocenters. The van der Waals surface area contributed by atoms with Crippen molar-refractivity contribution >= 4 is 17.5 Å². The van der Waals surface area contributed by atoms with Crippen LogP contribution >= 0.6 is 0 Å². The van der Waals surface area contributed by atoms with Gasteiger partial charge in [0.1, 0.15) is 5.82 Å². The zero-order valence-corrected chi connectivity index (χ0v) is 15.2. The second-order valence-corrected chi connectivity index (χ2v) is 7.32. The van der Waals surface area contributed by atoms with E-state index in [1.165, 1.54) is 12.1 Å². The number of hydrogen-bond acceptors (Lipinski definition) is 2. The van der Waals surface area contributed by atoms with Crippen LogP contribution in [0.3, 0.4) is 0 Å². The summed E-state index contributed by atoms with van der Waals surface area (Å²) in [6.07, 6.45) is 4.10. The Kier molecular flexibility index (Phi) is 4.92. The van der Waals surface area contributed by atoms with Crippen molar-refractivity contribution in [2.45, 2.75) is 38.1 Å². The van der Waals surface area contributed by atoms with Gasteiger partial charge in [0.25, 0.3) is 5.91 Å². The quantitative estimate of drug-likeness (QED) is 0.826. The molecule has 4 nitrogen and oxygen atoms in total. The lowest BCUT2D eigenvalue weighted by Crippen LogP contribution is -2.37. The summed E-state index contributed by atoms with van der Waals surface area (Å²) in [6, 6.07) is 14.0. The molecule has 2 fully saturated rings. The molecule has 2 heterocycles. The molecule has 27 heavy (non-hydrogen) atoms. The molecule has 4 rings (SSSR count). The van der Waals surface area contributed by atoms with E-state index >= 15 is 0 Å². The highest BCUT2D eigenvalue weighted by atomic mass is 19.1. The molecule has 0 bridgehead atoms. The van der Waals surface area contributed by atoms with Gasteiger partial charge in [-0.15, -0.1) is 0 Å². The Morgan fingerprint density at radius 3 is 2.63 bits per heavy atom. The van der Waals surface area contributed by atoms with Crippen molar-refractivity contribution < 1.29 is 14.0 Å². The predicted molar refractivity (Wildman–Crippen MR) is 102 cm³/mol. The molecule has 2 aliphatic rings. The molecule has 2 aliphatic heterocycles. The fourth-order valence-electron chi connectivity index (χ4n) is 4.10. The maximum Gasteiger partial charge on any atom is 0.254 e. The Labute approximate surface area is 158 Å². The SMILES string of the molecule is O=C1CCCN1c1cccc(C(=O)N2CCCC2Cc2ccc(F)cc2)c1. The minimum Gasteiger partial charge on any atom is -0.335 e. The molecule has 2 aromatic rings. The number of anilines is 1. The second-order valence-electron chi connectivity index (χ2n) is 7.32. The second kappa shape index (κ2) is 7.51. The van der Waals surface area contributed by atoms with Gasteiger partial charge >= 0.3 is 0 Å². The van der Waals surface area contributed by atoms with Gasteiger partial charge in [-0.05, 0) is 61.6 Å². The zero-order chi connectivity index (χ0) is 18.8. The monoisotopic (exact) mass is 366 g/mol. The Morgan fingerprint density at radius 1 is 1.07 bits per heavy atom. The number of benzene rings is 2. The van der Waals surface area contributed by atoms with Crippen LogP contribution in [0.15, 0.2) is 48.5 Å². The van der Waals surface area contributed by atoms with Gasteiger partial charge < -0.3 is 9.80 Å². The van der Waals surface area contributed by atoms with Gasteiger partial charge in [-0.2, -0.15) is 0 Å². The van der Waals surface area contributed by atoms with Crippen LogP contribution in [0.5, 0.6) is 0 Å². The van der Waals surface area contributed by atoms with E-state index in [-0.39, 0.29) is 23.7 Å². The van der Waals surface area contributed by atoms with Crippen LogP contribution in [-0.2, 0) is 11.2 Å². The third-order valence-electron chi connectivity index (χ3n) is 5.50. The summed E-state index contributed by atoms with van der Waals surface area (Å²) in [4.78, 5) is 28.8. The molecule has 1 atom stereocenters. The number of carbonyl (C=O) groups is 2. The normalized spacial score (nSPS) is 19.7. The summed E-state index contributed by atoms with van der Waals surface area (Å²) in [6.45, 7) is 1.45. The smallest absolute Gasteiger partial charge is 0.254 e. The molecule has 0 radical (unpaired) electrons. The highest BCUT2D eigenvalue weighted by molar-refractivity contribution is 5.99. The van der Waals surface area contributed by atoms with Crippen LogP contribution in [0.1, 0.15) is 41.6 Å². The highest BCUT2D eigenvalue weighted by Crippen LogP contribution is 2.26. The largest absolute Gasteiger partial charge is 0.335 e. The van der Waals surface area contributed by atoms with Crippen molar-refractivity contribution in [3.63, 3.8) is 0 Å². The van der Waals surface area contributed by atoms with Gasteiger partial charge in [0.05, 0.1) is 0 Å². The minimum absolute atomic E-state index is 0.00751. The molecule has 0 aliphatic carbocycles. The van der Waals surface area contributed by atoms with Gasteiger partial charge in [0, 0.05) is 36.8 Å². The Hall–Kier alpha value is -2.69. The summed E-state index contributed by atoms with van der Waals surface area (Å²) < 4.78 is 13.1. The standard InChI is InChI=1S/C22H23FN2O2/c23-18-10-8-16(9-11-18)14-19-6-2-13-25(19)22(27)17-4-1-5-20(15-17)24-12-3-7-21(24)26/h1,4-5,8-11,15,19H,2-3,6-7,12-14H2. The van der Waals surface area contributed by atoms with E-state index in [1.54, 1.807) is 17.0 Å². The van der Waals surface area contributed by atoms with Crippen molar-refractivity contribution in [2.75, 3.05) is 18.0 Å². The molecule has 140 valence electrons. The number of halogens is 1. The van der Waals surface area contributed by atoms with Gasteiger partial charge in [0.2, 0.25) is 5.91 Å². The Balaban J connectivity index is 1.51. The molecule has 5 heteroatoms. The van der Waals surface area contributed by atoms with Crippen LogP contribution in [-0.4, -0.2) is 35.8 Å². The maximum atomic E-state index is 13.1.